The Labute approximate surface area is 114 Å². The van der Waals surface area contributed by atoms with Gasteiger partial charge in [0.2, 0.25) is 5.91 Å². The van der Waals surface area contributed by atoms with Gasteiger partial charge in [0.15, 0.2) is 5.54 Å². The van der Waals surface area contributed by atoms with Crippen molar-refractivity contribution in [1.29, 1.82) is 0 Å². The minimum Gasteiger partial charge on any atom is -0.479 e. The number of ether oxygens (including phenoxy) is 1. The molecule has 1 aromatic heterocycles. The molecule has 0 aromatic carbocycles. The molecule has 1 amide bonds. The van der Waals surface area contributed by atoms with Crippen LogP contribution in [0.2, 0.25) is 0 Å². The smallest absolute Gasteiger partial charge is 0.331 e. The number of hydrogen-bond donors (Lipinski definition) is 2. The van der Waals surface area contributed by atoms with Crippen molar-refractivity contribution in [3.8, 4) is 0 Å². The third kappa shape index (κ3) is 3.10. The summed E-state index contributed by atoms with van der Waals surface area (Å²) in [5, 5.41) is 14.6. The van der Waals surface area contributed by atoms with E-state index in [9.17, 15) is 14.7 Å². The molecule has 0 spiro atoms. The molecule has 2 rings (SSSR count). The summed E-state index contributed by atoms with van der Waals surface area (Å²) in [6.07, 6.45) is 1.23. The van der Waals surface area contributed by atoms with E-state index in [2.05, 4.69) is 10.3 Å². The van der Waals surface area contributed by atoms with Gasteiger partial charge in [0.05, 0.1) is 23.7 Å². The lowest BCUT2D eigenvalue weighted by Gasteiger charge is -2.23. The van der Waals surface area contributed by atoms with Gasteiger partial charge < -0.3 is 15.2 Å². The normalized spacial score (nSPS) is 22.4. The van der Waals surface area contributed by atoms with Gasteiger partial charge in [-0.25, -0.2) is 9.78 Å². The molecule has 1 aliphatic heterocycles. The second-order valence-corrected chi connectivity index (χ2v) is 5.44. The molecule has 2 heterocycles. The Morgan fingerprint density at radius 3 is 2.95 bits per heavy atom. The monoisotopic (exact) mass is 284 g/mol. The molecular weight excluding hydrogens is 268 g/mol. The van der Waals surface area contributed by atoms with Gasteiger partial charge in [-0.1, -0.05) is 6.92 Å². The van der Waals surface area contributed by atoms with Gasteiger partial charge in [0.25, 0.3) is 0 Å². The lowest BCUT2D eigenvalue weighted by atomic mass is 9.99. The number of thiazole rings is 1. The number of aliphatic carboxylic acids is 1. The zero-order chi connectivity index (χ0) is 13.9. The summed E-state index contributed by atoms with van der Waals surface area (Å²) in [5.74, 6) is -1.38. The van der Waals surface area contributed by atoms with E-state index >= 15 is 0 Å². The van der Waals surface area contributed by atoms with Crippen molar-refractivity contribution >= 4 is 23.2 Å². The van der Waals surface area contributed by atoms with Crippen LogP contribution in [-0.2, 0) is 27.2 Å². The van der Waals surface area contributed by atoms with Gasteiger partial charge in [-0.3, -0.25) is 4.79 Å². The second kappa shape index (κ2) is 5.66. The van der Waals surface area contributed by atoms with Gasteiger partial charge in [-0.15, -0.1) is 11.3 Å². The van der Waals surface area contributed by atoms with Crippen LogP contribution in [0.5, 0.6) is 0 Å². The molecule has 0 radical (unpaired) electrons. The maximum Gasteiger partial charge on any atom is 0.331 e. The zero-order valence-electron chi connectivity index (χ0n) is 10.6. The fourth-order valence-corrected chi connectivity index (χ4v) is 2.70. The van der Waals surface area contributed by atoms with E-state index in [1.54, 1.807) is 0 Å². The van der Waals surface area contributed by atoms with Crippen LogP contribution in [-0.4, -0.2) is 40.7 Å². The van der Waals surface area contributed by atoms with Crippen LogP contribution in [0.1, 0.15) is 24.0 Å². The number of carbonyl (C=O) groups is 2. The Balaban J connectivity index is 1.98. The molecule has 104 valence electrons. The number of aromatic nitrogens is 1. The van der Waals surface area contributed by atoms with Crippen LogP contribution >= 0.6 is 11.3 Å². The van der Waals surface area contributed by atoms with E-state index in [1.165, 1.54) is 11.3 Å². The van der Waals surface area contributed by atoms with E-state index in [4.69, 9.17) is 4.74 Å². The first-order valence-corrected chi connectivity index (χ1v) is 6.99. The number of aryl methyl sites for hydroxylation is 1. The Morgan fingerprint density at radius 2 is 2.42 bits per heavy atom. The molecule has 1 aromatic rings. The molecule has 1 atom stereocenters. The van der Waals surface area contributed by atoms with E-state index in [0.717, 1.165) is 11.4 Å². The molecule has 6 nitrogen and oxygen atoms in total. The summed E-state index contributed by atoms with van der Waals surface area (Å²) in [4.78, 5) is 27.5. The maximum atomic E-state index is 11.9. The molecule has 1 fully saturated rings. The third-order valence-electron chi connectivity index (χ3n) is 3.05. The average molecular weight is 284 g/mol. The molecule has 19 heavy (non-hydrogen) atoms. The first kappa shape index (κ1) is 14.0. The van der Waals surface area contributed by atoms with E-state index in [0.29, 0.717) is 18.7 Å². The van der Waals surface area contributed by atoms with Crippen molar-refractivity contribution in [1.82, 2.24) is 10.3 Å². The SMILES string of the molecule is CCc1nc(CC(=O)NC2(C(=O)O)CCOC2)cs1. The van der Waals surface area contributed by atoms with Gasteiger partial charge in [0.1, 0.15) is 0 Å². The summed E-state index contributed by atoms with van der Waals surface area (Å²) >= 11 is 1.51. The molecule has 1 saturated heterocycles. The first-order chi connectivity index (χ1) is 9.05. The van der Waals surface area contributed by atoms with Crippen LogP contribution in [0.4, 0.5) is 0 Å². The number of rotatable bonds is 5. The predicted octanol–water partition coefficient (Wildman–Crippen LogP) is 0.608. The standard InChI is InChI=1S/C12H16N2O4S/c1-2-10-13-8(6-19-10)5-9(15)14-12(11(16)17)3-4-18-7-12/h6H,2-5,7H2,1H3,(H,14,15)(H,16,17). The fourth-order valence-electron chi connectivity index (χ4n) is 1.95. The van der Waals surface area contributed by atoms with Crippen LogP contribution in [0, 0.1) is 0 Å². The number of nitrogens with one attached hydrogen (secondary N) is 1. The molecule has 0 aliphatic carbocycles. The molecular formula is C12H16N2O4S. The van der Waals surface area contributed by atoms with Crippen molar-refractivity contribution in [2.45, 2.75) is 31.7 Å². The van der Waals surface area contributed by atoms with Gasteiger partial charge in [0, 0.05) is 18.4 Å². The van der Waals surface area contributed by atoms with E-state index < -0.39 is 11.5 Å². The summed E-state index contributed by atoms with van der Waals surface area (Å²) in [6.45, 7) is 2.37. The molecule has 1 unspecified atom stereocenters. The highest BCUT2D eigenvalue weighted by molar-refractivity contribution is 7.09. The quantitative estimate of drug-likeness (QED) is 0.827. The highest BCUT2D eigenvalue weighted by atomic mass is 32.1. The van der Waals surface area contributed by atoms with Crippen LogP contribution in [0.15, 0.2) is 5.38 Å². The van der Waals surface area contributed by atoms with E-state index in [1.807, 2.05) is 12.3 Å². The summed E-state index contributed by atoms with van der Waals surface area (Å²) < 4.78 is 5.09. The predicted molar refractivity (Wildman–Crippen MR) is 69.1 cm³/mol. The number of hydrogen-bond acceptors (Lipinski definition) is 5. The average Bonchev–Trinajstić information content (AvgIpc) is 2.98. The van der Waals surface area contributed by atoms with Crippen molar-refractivity contribution in [3.63, 3.8) is 0 Å². The van der Waals surface area contributed by atoms with Crippen molar-refractivity contribution in [3.05, 3.63) is 16.1 Å². The fraction of sp³-hybridized carbons (Fsp3) is 0.583. The maximum absolute atomic E-state index is 11.9. The number of carbonyl (C=O) groups excluding carboxylic acids is 1. The number of carboxylic acids is 1. The third-order valence-corrected chi connectivity index (χ3v) is 4.10. The molecule has 7 heteroatoms. The molecule has 0 bridgehead atoms. The zero-order valence-corrected chi connectivity index (χ0v) is 11.5. The molecule has 1 aliphatic rings. The lowest BCUT2D eigenvalue weighted by molar-refractivity contribution is -0.147. The van der Waals surface area contributed by atoms with Crippen LogP contribution in [0.25, 0.3) is 0 Å². The Hall–Kier alpha value is -1.47. The van der Waals surface area contributed by atoms with Crippen molar-refractivity contribution in [2.24, 2.45) is 0 Å². The number of carboxylic acid groups (broad SMARTS) is 1. The van der Waals surface area contributed by atoms with Gasteiger partial charge in [-0.2, -0.15) is 0 Å². The minimum atomic E-state index is -1.28. The van der Waals surface area contributed by atoms with Crippen LogP contribution < -0.4 is 5.32 Å². The van der Waals surface area contributed by atoms with Crippen molar-refractivity contribution < 1.29 is 19.4 Å². The highest BCUT2D eigenvalue weighted by Gasteiger charge is 2.43. The Morgan fingerprint density at radius 1 is 1.63 bits per heavy atom. The highest BCUT2D eigenvalue weighted by Crippen LogP contribution is 2.19. The van der Waals surface area contributed by atoms with Gasteiger partial charge >= 0.3 is 5.97 Å². The molecule has 2 N–H and O–H groups in total. The second-order valence-electron chi connectivity index (χ2n) is 4.50. The number of amides is 1. The topological polar surface area (TPSA) is 88.5 Å². The van der Waals surface area contributed by atoms with E-state index in [-0.39, 0.29) is 18.9 Å². The Bertz CT molecular complexity index is 480. The summed E-state index contributed by atoms with van der Waals surface area (Å²) in [7, 11) is 0. The van der Waals surface area contributed by atoms with Gasteiger partial charge in [-0.05, 0) is 6.42 Å². The number of nitrogens with zero attached hydrogens (tertiary/aromatic N) is 1. The summed E-state index contributed by atoms with van der Waals surface area (Å²) in [5.41, 5.74) is -0.598. The lowest BCUT2D eigenvalue weighted by Crippen LogP contribution is -2.55. The molecule has 0 saturated carbocycles. The largest absolute Gasteiger partial charge is 0.479 e. The first-order valence-electron chi connectivity index (χ1n) is 6.11. The minimum absolute atomic E-state index is 0.0192. The van der Waals surface area contributed by atoms with Crippen molar-refractivity contribution in [2.75, 3.05) is 13.2 Å². The van der Waals surface area contributed by atoms with Crippen LogP contribution in [0.3, 0.4) is 0 Å². The summed E-state index contributed by atoms with van der Waals surface area (Å²) in [6, 6.07) is 0. The Kier molecular flexibility index (Phi) is 4.16.